The van der Waals surface area contributed by atoms with Gasteiger partial charge in [0.25, 0.3) is 5.91 Å². The van der Waals surface area contributed by atoms with E-state index in [9.17, 15) is 4.79 Å². The molecule has 12 nitrogen and oxygen atoms in total. The second-order valence-corrected chi connectivity index (χ2v) is 7.29. The molecule has 1 aliphatic heterocycles. The van der Waals surface area contributed by atoms with Crippen LogP contribution in [0, 0.1) is 0 Å². The molecule has 0 radical (unpaired) electrons. The smallest absolute Gasteiger partial charge is 0.293 e. The number of amides is 1. The predicted molar refractivity (Wildman–Crippen MR) is 111 cm³/mol. The van der Waals surface area contributed by atoms with Gasteiger partial charge in [-0.3, -0.25) is 9.69 Å². The van der Waals surface area contributed by atoms with E-state index in [-0.39, 0.29) is 17.3 Å². The number of hydrogen-bond donors (Lipinski definition) is 2. The zero-order valence-corrected chi connectivity index (χ0v) is 17.5. The highest BCUT2D eigenvalue weighted by Gasteiger charge is 2.26. The molecule has 2 aromatic heterocycles. The van der Waals surface area contributed by atoms with Gasteiger partial charge in [-0.1, -0.05) is 40.5 Å². The lowest BCUT2D eigenvalue weighted by atomic mass is 10.2. The van der Waals surface area contributed by atoms with Gasteiger partial charge in [-0.2, -0.15) is 9.78 Å². The van der Waals surface area contributed by atoms with Gasteiger partial charge in [-0.15, -0.1) is 5.10 Å². The Balaban J connectivity index is 1.58. The second-order valence-electron chi connectivity index (χ2n) is 6.50. The summed E-state index contributed by atoms with van der Waals surface area (Å²) in [4.78, 5) is 14.9. The number of hydrazone groups is 1. The van der Waals surface area contributed by atoms with E-state index in [2.05, 4.69) is 40.7 Å². The summed E-state index contributed by atoms with van der Waals surface area (Å²) in [5.74, 6) is -0.406. The van der Waals surface area contributed by atoms with Crippen LogP contribution in [0.5, 0.6) is 0 Å². The van der Waals surface area contributed by atoms with E-state index in [4.69, 9.17) is 33.7 Å². The molecule has 1 amide bonds. The van der Waals surface area contributed by atoms with Crippen molar-refractivity contribution in [3.05, 3.63) is 45.2 Å². The van der Waals surface area contributed by atoms with Gasteiger partial charge >= 0.3 is 0 Å². The van der Waals surface area contributed by atoms with Crippen LogP contribution >= 0.6 is 23.2 Å². The Morgan fingerprint density at radius 3 is 2.84 bits per heavy atom. The zero-order chi connectivity index (χ0) is 21.8. The van der Waals surface area contributed by atoms with Gasteiger partial charge in [-0.25, -0.2) is 10.1 Å². The summed E-state index contributed by atoms with van der Waals surface area (Å²) >= 11 is 12.1. The highest BCUT2D eigenvalue weighted by Crippen LogP contribution is 2.24. The lowest BCUT2D eigenvalue weighted by molar-refractivity contribution is 0.0332. The summed E-state index contributed by atoms with van der Waals surface area (Å²) in [6.45, 7) is 2.90. The number of nitrogens with two attached hydrogens (primary N) is 1. The SMILES string of the molecule is Nc1nonc1-n1nnc(C(=O)N/N=C/c2cccc(Cl)c2Cl)c1CN1CCOCC1. The number of ether oxygens (including phenoxy) is 1. The van der Waals surface area contributed by atoms with Crippen molar-refractivity contribution in [2.45, 2.75) is 6.54 Å². The average Bonchev–Trinajstić information content (AvgIpc) is 3.37. The molecule has 0 unspecified atom stereocenters. The van der Waals surface area contributed by atoms with Crippen LogP contribution in [0.15, 0.2) is 27.9 Å². The Morgan fingerprint density at radius 1 is 1.29 bits per heavy atom. The van der Waals surface area contributed by atoms with Crippen molar-refractivity contribution < 1.29 is 14.2 Å². The number of halogens is 2. The molecule has 0 aliphatic carbocycles. The van der Waals surface area contributed by atoms with E-state index in [1.807, 2.05) is 0 Å². The number of anilines is 1. The lowest BCUT2D eigenvalue weighted by Gasteiger charge is -2.26. The molecule has 1 aromatic carbocycles. The van der Waals surface area contributed by atoms with Crippen LogP contribution in [0.3, 0.4) is 0 Å². The first-order valence-electron chi connectivity index (χ1n) is 9.15. The Hall–Kier alpha value is -3.06. The summed E-state index contributed by atoms with van der Waals surface area (Å²) in [7, 11) is 0. The van der Waals surface area contributed by atoms with Crippen LogP contribution in [-0.2, 0) is 11.3 Å². The summed E-state index contributed by atoms with van der Waals surface area (Å²) < 4.78 is 11.4. The van der Waals surface area contributed by atoms with Crippen LogP contribution in [0.25, 0.3) is 5.82 Å². The zero-order valence-electron chi connectivity index (χ0n) is 16.0. The third-order valence-electron chi connectivity index (χ3n) is 4.50. The predicted octanol–water partition coefficient (Wildman–Crippen LogP) is 1.14. The normalized spacial score (nSPS) is 14.9. The number of nitrogens with one attached hydrogen (secondary N) is 1. The number of carbonyl (C=O) groups excluding carboxylic acids is 1. The summed E-state index contributed by atoms with van der Waals surface area (Å²) in [6, 6.07) is 5.09. The maximum absolute atomic E-state index is 12.8. The van der Waals surface area contributed by atoms with Crippen LogP contribution in [0.1, 0.15) is 21.7 Å². The fourth-order valence-corrected chi connectivity index (χ4v) is 3.29. The second kappa shape index (κ2) is 9.39. The third-order valence-corrected chi connectivity index (χ3v) is 5.34. The Labute approximate surface area is 185 Å². The van der Waals surface area contributed by atoms with Gasteiger partial charge in [0.2, 0.25) is 11.6 Å². The number of nitrogens with zero attached hydrogens (tertiary/aromatic N) is 7. The fraction of sp³-hybridized carbons (Fsp3) is 0.294. The molecule has 3 N–H and O–H groups in total. The first-order valence-corrected chi connectivity index (χ1v) is 9.90. The maximum Gasteiger partial charge on any atom is 0.293 e. The van der Waals surface area contributed by atoms with Crippen LogP contribution < -0.4 is 11.2 Å². The molecule has 0 atom stereocenters. The van der Waals surface area contributed by atoms with E-state index in [0.717, 1.165) is 0 Å². The number of nitrogen functional groups attached to an aromatic ring is 1. The highest BCUT2D eigenvalue weighted by atomic mass is 35.5. The van der Waals surface area contributed by atoms with Gasteiger partial charge in [-0.05, 0) is 16.4 Å². The van der Waals surface area contributed by atoms with E-state index in [1.165, 1.54) is 10.9 Å². The van der Waals surface area contributed by atoms with Crippen molar-refractivity contribution in [2.75, 3.05) is 32.0 Å². The molecule has 4 rings (SSSR count). The molecule has 0 saturated carbocycles. The Morgan fingerprint density at radius 2 is 2.10 bits per heavy atom. The standard InChI is InChI=1S/C17H17Cl2N9O3/c18-11-3-1-2-10(13(11)19)8-21-23-17(29)14-12(9-27-4-6-30-7-5-27)28(26-22-14)16-15(20)24-31-25-16/h1-3,8H,4-7,9H2,(H2,20,24)(H,23,29)/b21-8+. The van der Waals surface area contributed by atoms with Gasteiger partial charge < -0.3 is 10.5 Å². The van der Waals surface area contributed by atoms with Gasteiger partial charge in [0.1, 0.15) is 0 Å². The molecule has 1 fully saturated rings. The minimum Gasteiger partial charge on any atom is -0.379 e. The number of aromatic nitrogens is 5. The maximum atomic E-state index is 12.8. The Bertz CT molecular complexity index is 1110. The molecule has 1 saturated heterocycles. The van der Waals surface area contributed by atoms with Gasteiger partial charge in [0.05, 0.1) is 35.2 Å². The Kier molecular flexibility index (Phi) is 6.42. The molecule has 1 aliphatic rings. The van der Waals surface area contributed by atoms with Crippen LogP contribution in [0.2, 0.25) is 10.0 Å². The third kappa shape index (κ3) is 4.66. The number of hydrogen-bond acceptors (Lipinski definition) is 10. The van der Waals surface area contributed by atoms with Crippen molar-refractivity contribution >= 4 is 41.1 Å². The van der Waals surface area contributed by atoms with Crippen LogP contribution in [-0.4, -0.2) is 68.6 Å². The van der Waals surface area contributed by atoms with Crippen molar-refractivity contribution in [3.8, 4) is 5.82 Å². The van der Waals surface area contributed by atoms with E-state index >= 15 is 0 Å². The monoisotopic (exact) mass is 465 g/mol. The number of carbonyl (C=O) groups is 1. The van der Waals surface area contributed by atoms with Gasteiger partial charge in [0.15, 0.2) is 5.69 Å². The highest BCUT2D eigenvalue weighted by molar-refractivity contribution is 6.43. The first-order chi connectivity index (χ1) is 15.0. The number of benzene rings is 1. The molecular formula is C17H17Cl2N9O3. The fourth-order valence-electron chi connectivity index (χ4n) is 2.93. The molecule has 3 aromatic rings. The van der Waals surface area contributed by atoms with E-state index in [1.54, 1.807) is 18.2 Å². The van der Waals surface area contributed by atoms with Crippen molar-refractivity contribution in [1.82, 2.24) is 35.6 Å². The quantitative estimate of drug-likeness (QED) is 0.403. The lowest BCUT2D eigenvalue weighted by Crippen LogP contribution is -2.37. The van der Waals surface area contributed by atoms with Crippen molar-refractivity contribution in [2.24, 2.45) is 5.10 Å². The first kappa shape index (κ1) is 21.2. The molecule has 14 heteroatoms. The number of morpholine rings is 1. The molecule has 0 spiro atoms. The van der Waals surface area contributed by atoms with E-state index < -0.39 is 5.91 Å². The van der Waals surface area contributed by atoms with Crippen molar-refractivity contribution in [1.29, 1.82) is 0 Å². The molecule has 31 heavy (non-hydrogen) atoms. The van der Waals surface area contributed by atoms with Gasteiger partial charge in [0, 0.05) is 25.2 Å². The summed E-state index contributed by atoms with van der Waals surface area (Å²) in [6.07, 6.45) is 1.39. The molecule has 0 bridgehead atoms. The molecular weight excluding hydrogens is 449 g/mol. The minimum atomic E-state index is -0.570. The topological polar surface area (TPSA) is 150 Å². The minimum absolute atomic E-state index is 0.0219. The molecule has 162 valence electrons. The number of rotatable bonds is 6. The summed E-state index contributed by atoms with van der Waals surface area (Å²) in [5.41, 5.74) is 9.28. The largest absolute Gasteiger partial charge is 0.379 e. The average molecular weight is 466 g/mol. The van der Waals surface area contributed by atoms with Crippen molar-refractivity contribution in [3.63, 3.8) is 0 Å². The molecule has 3 heterocycles. The van der Waals surface area contributed by atoms with Crippen LogP contribution in [0.4, 0.5) is 5.82 Å². The van der Waals surface area contributed by atoms with E-state index in [0.29, 0.717) is 54.2 Å². The summed E-state index contributed by atoms with van der Waals surface area (Å²) in [5, 5.41) is 20.0.